The van der Waals surface area contributed by atoms with Crippen LogP contribution >= 0.6 is 27.7 Å². The van der Waals surface area contributed by atoms with Crippen LogP contribution in [0.4, 0.5) is 10.1 Å². The van der Waals surface area contributed by atoms with E-state index in [1.807, 2.05) is 18.2 Å². The van der Waals surface area contributed by atoms with Gasteiger partial charge in [-0.05, 0) is 63.6 Å². The summed E-state index contributed by atoms with van der Waals surface area (Å²) in [5, 5.41) is 2.99. The first-order valence-corrected chi connectivity index (χ1v) is 8.55. The van der Waals surface area contributed by atoms with Crippen molar-refractivity contribution in [2.75, 3.05) is 7.11 Å². The lowest BCUT2D eigenvalue weighted by Gasteiger charge is -2.03. The number of nitrogens with one attached hydrogen (secondary N) is 1. The lowest BCUT2D eigenvalue weighted by Crippen LogP contribution is -2.19. The molecule has 1 amide bonds. The minimum Gasteiger partial charge on any atom is -0.496 e. The third-order valence-corrected chi connectivity index (χ3v) is 4.73. The van der Waals surface area contributed by atoms with E-state index in [0.29, 0.717) is 15.8 Å². The van der Waals surface area contributed by atoms with Crippen LogP contribution in [0.3, 0.4) is 0 Å². The smallest absolute Gasteiger partial charge is 0.264 e. The fourth-order valence-electron chi connectivity index (χ4n) is 2.06. The number of rotatable bonds is 3. The molecular weight excluding hydrogens is 395 g/mol. The average molecular weight is 407 g/mol. The third kappa shape index (κ3) is 3.68. The van der Waals surface area contributed by atoms with Crippen LogP contribution in [0, 0.1) is 5.82 Å². The van der Waals surface area contributed by atoms with Crippen molar-refractivity contribution in [3.8, 4) is 5.75 Å². The minimum atomic E-state index is -0.434. The molecule has 1 fully saturated rings. The highest BCUT2D eigenvalue weighted by atomic mass is 79.9. The summed E-state index contributed by atoms with van der Waals surface area (Å²) in [4.78, 5) is 16.7. The molecule has 1 heterocycles. The van der Waals surface area contributed by atoms with E-state index in [4.69, 9.17) is 4.74 Å². The van der Waals surface area contributed by atoms with E-state index in [2.05, 4.69) is 26.2 Å². The van der Waals surface area contributed by atoms with Gasteiger partial charge in [0.2, 0.25) is 0 Å². The summed E-state index contributed by atoms with van der Waals surface area (Å²) >= 11 is 4.58. The molecule has 0 aliphatic carbocycles. The fraction of sp³-hybridized carbons (Fsp3) is 0.0588. The molecular formula is C17H12BrFN2O2S. The van der Waals surface area contributed by atoms with Crippen molar-refractivity contribution in [1.82, 2.24) is 5.32 Å². The van der Waals surface area contributed by atoms with E-state index in [0.717, 1.165) is 10.0 Å². The number of thioether (sulfide) groups is 1. The number of aliphatic imine (C=N–C) groups is 1. The predicted molar refractivity (Wildman–Crippen MR) is 97.9 cm³/mol. The molecule has 0 bridgehead atoms. The molecule has 1 saturated heterocycles. The first kappa shape index (κ1) is 16.7. The molecule has 1 N–H and O–H groups in total. The lowest BCUT2D eigenvalue weighted by atomic mass is 10.2. The maximum absolute atomic E-state index is 13.6. The Morgan fingerprint density at radius 3 is 2.79 bits per heavy atom. The number of amidine groups is 1. The molecule has 1 aliphatic rings. The standard InChI is InChI=1S/C17H12BrFN2O2S/c1-23-14-7-6-10(8-11(14)18)9-15-16(22)21-17(24-15)20-13-5-3-2-4-12(13)19/h2-9H,1H3,(H,20,21,22)/b15-9-. The van der Waals surface area contributed by atoms with E-state index in [1.54, 1.807) is 31.4 Å². The number of ether oxygens (including phenoxy) is 1. The van der Waals surface area contributed by atoms with Gasteiger partial charge in [0, 0.05) is 0 Å². The number of amides is 1. The fourth-order valence-corrected chi connectivity index (χ4v) is 3.45. The van der Waals surface area contributed by atoms with E-state index < -0.39 is 5.82 Å². The Bertz CT molecular complexity index is 867. The molecule has 1 aliphatic heterocycles. The molecule has 2 aromatic rings. The highest BCUT2D eigenvalue weighted by Gasteiger charge is 2.24. The van der Waals surface area contributed by atoms with Crippen molar-refractivity contribution in [3.05, 3.63) is 63.2 Å². The monoisotopic (exact) mass is 406 g/mol. The topological polar surface area (TPSA) is 50.7 Å². The largest absolute Gasteiger partial charge is 0.496 e. The second kappa shape index (κ2) is 7.19. The molecule has 7 heteroatoms. The van der Waals surface area contributed by atoms with Gasteiger partial charge in [-0.3, -0.25) is 4.79 Å². The first-order valence-electron chi connectivity index (χ1n) is 6.94. The Balaban J connectivity index is 1.85. The first-order chi connectivity index (χ1) is 11.6. The molecule has 3 rings (SSSR count). The van der Waals surface area contributed by atoms with Gasteiger partial charge in [-0.1, -0.05) is 18.2 Å². The number of para-hydroxylation sites is 1. The summed E-state index contributed by atoms with van der Waals surface area (Å²) in [5.41, 5.74) is 1.03. The molecule has 0 saturated carbocycles. The number of carbonyl (C=O) groups is 1. The lowest BCUT2D eigenvalue weighted by molar-refractivity contribution is -0.115. The van der Waals surface area contributed by atoms with Crippen molar-refractivity contribution in [3.63, 3.8) is 0 Å². The van der Waals surface area contributed by atoms with Gasteiger partial charge < -0.3 is 10.1 Å². The van der Waals surface area contributed by atoms with Gasteiger partial charge in [0.15, 0.2) is 5.17 Å². The highest BCUT2D eigenvalue weighted by molar-refractivity contribution is 9.10. The van der Waals surface area contributed by atoms with Crippen LogP contribution in [-0.4, -0.2) is 18.2 Å². The summed E-state index contributed by atoms with van der Waals surface area (Å²) in [7, 11) is 1.59. The van der Waals surface area contributed by atoms with Gasteiger partial charge in [-0.15, -0.1) is 0 Å². The zero-order chi connectivity index (χ0) is 17.1. The van der Waals surface area contributed by atoms with Crippen LogP contribution in [-0.2, 0) is 4.79 Å². The average Bonchev–Trinajstić information content (AvgIpc) is 2.89. The highest BCUT2D eigenvalue weighted by Crippen LogP contribution is 2.31. The summed E-state index contributed by atoms with van der Waals surface area (Å²) in [6.07, 6.45) is 1.74. The SMILES string of the molecule is COc1ccc(/C=C2\SC(=Nc3ccccc3F)NC2=O)cc1Br. The van der Waals surface area contributed by atoms with Crippen molar-refractivity contribution < 1.29 is 13.9 Å². The van der Waals surface area contributed by atoms with Gasteiger partial charge in [0.1, 0.15) is 17.3 Å². The number of methoxy groups -OCH3 is 1. The van der Waals surface area contributed by atoms with E-state index in [1.165, 1.54) is 17.8 Å². The number of hydrogen-bond acceptors (Lipinski definition) is 4. The Kier molecular flexibility index (Phi) is 5.01. The van der Waals surface area contributed by atoms with Gasteiger partial charge in [0.25, 0.3) is 5.91 Å². The van der Waals surface area contributed by atoms with Crippen LogP contribution in [0.5, 0.6) is 5.75 Å². The number of halogens is 2. The molecule has 0 spiro atoms. The molecule has 0 aromatic heterocycles. The van der Waals surface area contributed by atoms with Crippen molar-refractivity contribution in [2.24, 2.45) is 4.99 Å². The molecule has 2 aromatic carbocycles. The van der Waals surface area contributed by atoms with Gasteiger partial charge in [0.05, 0.1) is 16.5 Å². The molecule has 0 atom stereocenters. The summed E-state index contributed by atoms with van der Waals surface area (Å²) < 4.78 is 19.6. The minimum absolute atomic E-state index is 0.189. The Hall–Kier alpha value is -2.12. The molecule has 24 heavy (non-hydrogen) atoms. The summed E-state index contributed by atoms with van der Waals surface area (Å²) in [6.45, 7) is 0. The molecule has 4 nitrogen and oxygen atoms in total. The summed E-state index contributed by atoms with van der Waals surface area (Å²) in [6, 6.07) is 11.7. The van der Waals surface area contributed by atoms with Gasteiger partial charge in [-0.2, -0.15) is 0 Å². The molecule has 0 radical (unpaired) electrons. The van der Waals surface area contributed by atoms with Crippen LogP contribution in [0.1, 0.15) is 5.56 Å². The number of carbonyl (C=O) groups excluding carboxylic acids is 1. The predicted octanol–water partition coefficient (Wildman–Crippen LogP) is 4.49. The second-order valence-corrected chi connectivity index (χ2v) is 6.71. The Labute approximate surface area is 150 Å². The zero-order valence-electron chi connectivity index (χ0n) is 12.5. The van der Waals surface area contributed by atoms with E-state index in [9.17, 15) is 9.18 Å². The number of hydrogen-bond donors (Lipinski definition) is 1. The summed E-state index contributed by atoms with van der Waals surface area (Å²) in [5.74, 6) is 0.0147. The normalized spacial score (nSPS) is 17.4. The van der Waals surface area contributed by atoms with Gasteiger partial charge >= 0.3 is 0 Å². The Morgan fingerprint density at radius 1 is 1.29 bits per heavy atom. The van der Waals surface area contributed by atoms with E-state index >= 15 is 0 Å². The maximum Gasteiger partial charge on any atom is 0.264 e. The zero-order valence-corrected chi connectivity index (χ0v) is 14.9. The third-order valence-electron chi connectivity index (χ3n) is 3.20. The quantitative estimate of drug-likeness (QED) is 0.763. The van der Waals surface area contributed by atoms with Crippen molar-refractivity contribution in [1.29, 1.82) is 0 Å². The molecule has 0 unspecified atom stereocenters. The number of nitrogens with zero attached hydrogens (tertiary/aromatic N) is 1. The maximum atomic E-state index is 13.6. The molecule has 122 valence electrons. The Morgan fingerprint density at radius 2 is 2.08 bits per heavy atom. The van der Waals surface area contributed by atoms with Gasteiger partial charge in [-0.25, -0.2) is 9.38 Å². The van der Waals surface area contributed by atoms with Crippen LogP contribution in [0.2, 0.25) is 0 Å². The number of benzene rings is 2. The van der Waals surface area contributed by atoms with Crippen LogP contribution < -0.4 is 10.1 Å². The van der Waals surface area contributed by atoms with Crippen LogP contribution in [0.15, 0.2) is 56.8 Å². The second-order valence-electron chi connectivity index (χ2n) is 4.83. The van der Waals surface area contributed by atoms with Crippen molar-refractivity contribution >= 4 is 50.5 Å². The van der Waals surface area contributed by atoms with Crippen LogP contribution in [0.25, 0.3) is 6.08 Å². The van der Waals surface area contributed by atoms with E-state index in [-0.39, 0.29) is 11.6 Å². The van der Waals surface area contributed by atoms with Crippen molar-refractivity contribution in [2.45, 2.75) is 0 Å².